The van der Waals surface area contributed by atoms with Crippen LogP contribution in [0.3, 0.4) is 0 Å². The monoisotopic (exact) mass is 448 g/mol. The minimum absolute atomic E-state index is 0.165. The van der Waals surface area contributed by atoms with Crippen molar-refractivity contribution in [1.29, 1.82) is 0 Å². The highest BCUT2D eigenvalue weighted by molar-refractivity contribution is 6.09. The molecule has 4 rings (SSSR count). The number of hydrogen-bond donors (Lipinski definition) is 2. The number of halogens is 3. The normalized spacial score (nSPS) is 17.1. The van der Waals surface area contributed by atoms with Gasteiger partial charge in [0.25, 0.3) is 5.91 Å². The third-order valence-corrected chi connectivity index (χ3v) is 5.03. The molecule has 0 aliphatic carbocycles. The first-order chi connectivity index (χ1) is 15.2. The number of anilines is 2. The van der Waals surface area contributed by atoms with Crippen molar-refractivity contribution < 1.29 is 27.8 Å². The number of amides is 1. The van der Waals surface area contributed by atoms with Crippen LogP contribution in [0.15, 0.2) is 42.9 Å². The summed E-state index contributed by atoms with van der Waals surface area (Å²) in [5.41, 5.74) is 0.107. The van der Waals surface area contributed by atoms with Gasteiger partial charge in [-0.2, -0.15) is 18.3 Å². The maximum absolute atomic E-state index is 13.2. The molecule has 2 aromatic heterocycles. The molecule has 1 amide bonds. The first kappa shape index (κ1) is 21.6. The van der Waals surface area contributed by atoms with Gasteiger partial charge in [-0.3, -0.25) is 14.5 Å². The van der Waals surface area contributed by atoms with Crippen LogP contribution in [0.25, 0.3) is 0 Å². The number of hydrogen-bond acceptors (Lipinski definition) is 7. The Morgan fingerprint density at radius 2 is 1.94 bits per heavy atom. The molecule has 32 heavy (non-hydrogen) atoms. The van der Waals surface area contributed by atoms with Crippen molar-refractivity contribution in [3.63, 3.8) is 0 Å². The Morgan fingerprint density at radius 3 is 2.59 bits per heavy atom. The van der Waals surface area contributed by atoms with Gasteiger partial charge in [0.05, 0.1) is 43.0 Å². The Kier molecular flexibility index (Phi) is 5.46. The summed E-state index contributed by atoms with van der Waals surface area (Å²) in [6.07, 6.45) is -1.65. The van der Waals surface area contributed by atoms with Crippen LogP contribution in [-0.4, -0.2) is 44.4 Å². The number of aromatic nitrogens is 4. The summed E-state index contributed by atoms with van der Waals surface area (Å²) in [4.78, 5) is 22.6. The number of carbonyl (C=O) groups excluding carboxylic acids is 1. The van der Waals surface area contributed by atoms with E-state index in [1.54, 1.807) is 0 Å². The maximum Gasteiger partial charge on any atom is 0.416 e. The lowest BCUT2D eigenvalue weighted by molar-refractivity contribution is -0.137. The lowest BCUT2D eigenvalue weighted by Crippen LogP contribution is -2.43. The van der Waals surface area contributed by atoms with E-state index in [4.69, 9.17) is 4.74 Å². The van der Waals surface area contributed by atoms with E-state index in [1.807, 2.05) is 6.92 Å². The highest BCUT2D eigenvalue weighted by atomic mass is 19.4. The van der Waals surface area contributed by atoms with Gasteiger partial charge < -0.3 is 20.1 Å². The van der Waals surface area contributed by atoms with Crippen molar-refractivity contribution >= 4 is 17.3 Å². The second-order valence-electron chi connectivity index (χ2n) is 7.19. The average molecular weight is 448 g/mol. The summed E-state index contributed by atoms with van der Waals surface area (Å²) in [5.74, 6) is -0.259. The van der Waals surface area contributed by atoms with Crippen LogP contribution in [0.2, 0.25) is 0 Å². The predicted octanol–water partition coefficient (Wildman–Crippen LogP) is 3.02. The molecular weight excluding hydrogens is 429 g/mol. The summed E-state index contributed by atoms with van der Waals surface area (Å²) in [5, 5.41) is 17.5. The van der Waals surface area contributed by atoms with Crippen LogP contribution in [-0.2, 0) is 6.18 Å². The van der Waals surface area contributed by atoms with Gasteiger partial charge in [-0.25, -0.2) is 4.98 Å². The van der Waals surface area contributed by atoms with Crippen LogP contribution < -0.4 is 15.0 Å². The number of aliphatic hydroxyl groups excluding tert-OH is 1. The number of aliphatic hydroxyl groups is 1. The summed E-state index contributed by atoms with van der Waals surface area (Å²) in [6, 6.07) is 4.13. The number of nitrogens with one attached hydrogen (secondary N) is 1. The van der Waals surface area contributed by atoms with E-state index in [9.17, 15) is 23.1 Å². The van der Waals surface area contributed by atoms with E-state index in [1.165, 1.54) is 47.4 Å². The summed E-state index contributed by atoms with van der Waals surface area (Å²) in [6.45, 7) is 2.05. The number of benzene rings is 1. The van der Waals surface area contributed by atoms with Crippen molar-refractivity contribution in [2.45, 2.75) is 25.4 Å². The quantitative estimate of drug-likeness (QED) is 0.578. The molecule has 3 aromatic rings. The Balaban J connectivity index is 1.61. The van der Waals surface area contributed by atoms with Crippen molar-refractivity contribution in [2.75, 3.05) is 23.9 Å². The Bertz CT molecular complexity index is 1130. The number of nitrogens with zero attached hydrogens (tertiary/aromatic N) is 5. The van der Waals surface area contributed by atoms with Gasteiger partial charge in [0.1, 0.15) is 11.4 Å². The number of carbonyl (C=O) groups is 1. The van der Waals surface area contributed by atoms with Crippen LogP contribution >= 0.6 is 0 Å². The zero-order chi connectivity index (χ0) is 23.0. The molecule has 9 nitrogen and oxygen atoms in total. The Hall–Kier alpha value is -3.67. The molecule has 1 aliphatic rings. The Labute approximate surface area is 180 Å². The van der Waals surface area contributed by atoms with Gasteiger partial charge in [0, 0.05) is 12.2 Å². The summed E-state index contributed by atoms with van der Waals surface area (Å²) in [7, 11) is 1.41. The van der Waals surface area contributed by atoms with Gasteiger partial charge in [0.2, 0.25) is 5.88 Å². The molecule has 3 heterocycles. The largest absolute Gasteiger partial charge is 0.480 e. The number of rotatable bonds is 5. The highest BCUT2D eigenvalue weighted by Gasteiger charge is 2.35. The van der Waals surface area contributed by atoms with E-state index in [0.717, 1.165) is 12.1 Å². The fraction of sp³-hybridized carbons (Fsp3) is 0.300. The Morgan fingerprint density at radius 1 is 1.22 bits per heavy atom. The molecule has 12 heteroatoms. The first-order valence-corrected chi connectivity index (χ1v) is 9.56. The highest BCUT2D eigenvalue weighted by Crippen LogP contribution is 2.34. The molecule has 0 fully saturated rings. The van der Waals surface area contributed by atoms with E-state index in [0.29, 0.717) is 5.69 Å². The number of fused-ring (bicyclic) bond motifs is 1. The second kappa shape index (κ2) is 8.11. The number of alkyl halides is 3. The van der Waals surface area contributed by atoms with E-state index >= 15 is 0 Å². The molecule has 0 spiro atoms. The molecule has 1 aliphatic heterocycles. The van der Waals surface area contributed by atoms with Gasteiger partial charge in [0.15, 0.2) is 6.23 Å². The van der Waals surface area contributed by atoms with E-state index < -0.39 is 23.9 Å². The lowest BCUT2D eigenvalue weighted by Gasteiger charge is -2.32. The fourth-order valence-corrected chi connectivity index (χ4v) is 3.43. The molecule has 1 aromatic carbocycles. The maximum atomic E-state index is 13.2. The molecular formula is C20H19F3N6O3. The molecule has 168 valence electrons. The van der Waals surface area contributed by atoms with Gasteiger partial charge in [-0.1, -0.05) is 0 Å². The molecule has 0 saturated heterocycles. The van der Waals surface area contributed by atoms with Crippen LogP contribution in [0.4, 0.5) is 24.5 Å². The minimum atomic E-state index is -4.47. The third kappa shape index (κ3) is 3.96. The minimum Gasteiger partial charge on any atom is -0.480 e. The smallest absolute Gasteiger partial charge is 0.416 e. The molecule has 0 radical (unpaired) electrons. The zero-order valence-electron chi connectivity index (χ0n) is 17.0. The van der Waals surface area contributed by atoms with Crippen LogP contribution in [0.5, 0.6) is 5.88 Å². The van der Waals surface area contributed by atoms with Gasteiger partial charge in [-0.05, 0) is 31.2 Å². The van der Waals surface area contributed by atoms with Crippen molar-refractivity contribution in [3.8, 4) is 5.88 Å². The van der Waals surface area contributed by atoms with Crippen molar-refractivity contribution in [2.24, 2.45) is 0 Å². The van der Waals surface area contributed by atoms with Gasteiger partial charge >= 0.3 is 6.18 Å². The second-order valence-corrected chi connectivity index (χ2v) is 7.19. The van der Waals surface area contributed by atoms with Crippen LogP contribution in [0, 0.1) is 0 Å². The molecule has 2 N–H and O–H groups in total. The zero-order valence-corrected chi connectivity index (χ0v) is 17.0. The summed E-state index contributed by atoms with van der Waals surface area (Å²) >= 11 is 0. The van der Waals surface area contributed by atoms with Crippen molar-refractivity contribution in [3.05, 3.63) is 59.8 Å². The molecule has 1 unspecified atom stereocenters. The third-order valence-electron chi connectivity index (χ3n) is 5.03. The molecule has 0 saturated carbocycles. The molecule has 0 bridgehead atoms. The lowest BCUT2D eigenvalue weighted by atomic mass is 10.1. The predicted molar refractivity (Wildman–Crippen MR) is 107 cm³/mol. The molecule has 2 atom stereocenters. The van der Waals surface area contributed by atoms with Gasteiger partial charge in [-0.15, -0.1) is 0 Å². The summed E-state index contributed by atoms with van der Waals surface area (Å²) < 4.78 is 45.1. The number of ether oxygens (including phenoxy) is 1. The van der Waals surface area contributed by atoms with Crippen LogP contribution in [0.1, 0.15) is 40.9 Å². The number of methoxy groups -OCH3 is 1. The standard InChI is InChI=1S/C20H19F3N6O3/c1-11-10-28(13-5-3-12(4-6-13)20(21,22)23)19(31)17-14(8-25-29(11)17)27-18(30)15-7-24-9-16(26-15)32-2/h3-9,11,18,27,30H,10H2,1-2H3/t11-,18?/m0/s1. The first-order valence-electron chi connectivity index (χ1n) is 9.56. The SMILES string of the molecule is COc1cncc(C(O)Nc2cnn3c2C(=O)N(c2ccc(C(F)(F)F)cc2)C[C@@H]3C)n1. The van der Waals surface area contributed by atoms with E-state index in [-0.39, 0.29) is 35.5 Å². The average Bonchev–Trinajstić information content (AvgIpc) is 3.20. The van der Waals surface area contributed by atoms with E-state index in [2.05, 4.69) is 20.4 Å². The fourth-order valence-electron chi connectivity index (χ4n) is 3.43. The topological polar surface area (TPSA) is 105 Å². The van der Waals surface area contributed by atoms with Crippen molar-refractivity contribution in [1.82, 2.24) is 19.7 Å².